The Morgan fingerprint density at radius 1 is 1.07 bits per heavy atom. The van der Waals surface area contributed by atoms with E-state index in [1.165, 1.54) is 31.5 Å². The summed E-state index contributed by atoms with van der Waals surface area (Å²) in [5, 5.41) is 4.30. The Balaban J connectivity index is 1.38. The lowest BCUT2D eigenvalue weighted by Gasteiger charge is -2.16. The maximum atomic E-state index is 4.85. The van der Waals surface area contributed by atoms with Crippen LogP contribution in [-0.4, -0.2) is 37.9 Å². The lowest BCUT2D eigenvalue weighted by molar-refractivity contribution is 0.326. The molecule has 29 heavy (non-hydrogen) atoms. The predicted octanol–water partition coefficient (Wildman–Crippen LogP) is 4.80. The van der Waals surface area contributed by atoms with Gasteiger partial charge in [0, 0.05) is 36.8 Å². The topological polar surface area (TPSA) is 66.8 Å². The average molecular weight is 403 g/mol. The smallest absolute Gasteiger partial charge is 0.133 e. The molecule has 0 radical (unpaired) electrons. The van der Waals surface area contributed by atoms with E-state index in [2.05, 4.69) is 33.2 Å². The molecular weight excluding hydrogens is 380 g/mol. The SMILES string of the molecule is Cc1ccc(Nc2cc3nc(-c4cccnc4)sc3cn2)nc1CN1CCCC1. The zero-order valence-corrected chi connectivity index (χ0v) is 17.1. The lowest BCUT2D eigenvalue weighted by atomic mass is 10.2. The van der Waals surface area contributed by atoms with Crippen LogP contribution < -0.4 is 5.32 Å². The molecule has 0 atom stereocenters. The predicted molar refractivity (Wildman–Crippen MR) is 117 cm³/mol. The van der Waals surface area contributed by atoms with Gasteiger partial charge in [0.25, 0.3) is 0 Å². The van der Waals surface area contributed by atoms with Crippen LogP contribution in [0.2, 0.25) is 0 Å². The normalized spacial score (nSPS) is 14.5. The van der Waals surface area contributed by atoms with Crippen molar-refractivity contribution in [2.24, 2.45) is 0 Å². The van der Waals surface area contributed by atoms with E-state index in [1.54, 1.807) is 17.5 Å². The molecule has 6 nitrogen and oxygen atoms in total. The van der Waals surface area contributed by atoms with E-state index in [9.17, 15) is 0 Å². The molecule has 5 heterocycles. The number of nitrogens with zero attached hydrogens (tertiary/aromatic N) is 5. The number of anilines is 2. The average Bonchev–Trinajstić information content (AvgIpc) is 3.40. The molecule has 0 aromatic carbocycles. The summed E-state index contributed by atoms with van der Waals surface area (Å²) in [5.41, 5.74) is 4.31. The fourth-order valence-electron chi connectivity index (χ4n) is 3.60. The summed E-state index contributed by atoms with van der Waals surface area (Å²) >= 11 is 1.62. The van der Waals surface area contributed by atoms with Crippen molar-refractivity contribution in [2.75, 3.05) is 18.4 Å². The van der Waals surface area contributed by atoms with Crippen molar-refractivity contribution >= 4 is 33.2 Å². The van der Waals surface area contributed by atoms with Gasteiger partial charge in [-0.05, 0) is 56.6 Å². The van der Waals surface area contributed by atoms with Crippen LogP contribution in [-0.2, 0) is 6.54 Å². The van der Waals surface area contributed by atoms with E-state index in [0.29, 0.717) is 0 Å². The van der Waals surface area contributed by atoms with E-state index < -0.39 is 0 Å². The van der Waals surface area contributed by atoms with Gasteiger partial charge in [-0.2, -0.15) is 0 Å². The monoisotopic (exact) mass is 402 g/mol. The Hall–Kier alpha value is -2.90. The van der Waals surface area contributed by atoms with Crippen LogP contribution in [0.15, 0.2) is 48.9 Å². The summed E-state index contributed by atoms with van der Waals surface area (Å²) in [6.45, 7) is 5.37. The number of rotatable bonds is 5. The number of thiazole rings is 1. The maximum Gasteiger partial charge on any atom is 0.133 e. The zero-order chi connectivity index (χ0) is 19.6. The van der Waals surface area contributed by atoms with Gasteiger partial charge in [-0.1, -0.05) is 6.07 Å². The van der Waals surface area contributed by atoms with Crippen LogP contribution in [0.4, 0.5) is 11.6 Å². The molecule has 1 fully saturated rings. The van der Waals surface area contributed by atoms with Crippen molar-refractivity contribution in [2.45, 2.75) is 26.3 Å². The van der Waals surface area contributed by atoms with Crippen molar-refractivity contribution < 1.29 is 0 Å². The van der Waals surface area contributed by atoms with Crippen LogP contribution in [0.3, 0.4) is 0 Å². The zero-order valence-electron chi connectivity index (χ0n) is 16.3. The molecule has 0 saturated carbocycles. The van der Waals surface area contributed by atoms with Crippen molar-refractivity contribution in [1.82, 2.24) is 24.8 Å². The summed E-state index contributed by atoms with van der Waals surface area (Å²) in [4.78, 5) is 20.8. The molecule has 0 aliphatic carbocycles. The molecule has 4 aromatic heterocycles. The number of fused-ring (bicyclic) bond motifs is 1. The van der Waals surface area contributed by atoms with Crippen molar-refractivity contribution in [3.63, 3.8) is 0 Å². The first kappa shape index (κ1) is 18.1. The Labute approximate surface area is 173 Å². The molecule has 5 rings (SSSR count). The van der Waals surface area contributed by atoms with Crippen LogP contribution in [0.25, 0.3) is 20.8 Å². The molecule has 1 aliphatic rings. The van der Waals surface area contributed by atoms with Gasteiger partial charge in [-0.3, -0.25) is 9.88 Å². The van der Waals surface area contributed by atoms with Crippen molar-refractivity contribution in [3.8, 4) is 10.6 Å². The summed E-state index contributed by atoms with van der Waals surface area (Å²) in [6, 6.07) is 10.1. The summed E-state index contributed by atoms with van der Waals surface area (Å²) in [5.74, 6) is 1.57. The maximum absolute atomic E-state index is 4.85. The molecule has 1 N–H and O–H groups in total. The van der Waals surface area contributed by atoms with E-state index >= 15 is 0 Å². The van der Waals surface area contributed by atoms with Gasteiger partial charge in [0.1, 0.15) is 16.6 Å². The molecule has 146 valence electrons. The summed E-state index contributed by atoms with van der Waals surface area (Å²) in [7, 11) is 0. The van der Waals surface area contributed by atoms with E-state index in [-0.39, 0.29) is 0 Å². The molecule has 4 aromatic rings. The van der Waals surface area contributed by atoms with Gasteiger partial charge in [-0.25, -0.2) is 15.0 Å². The highest BCUT2D eigenvalue weighted by molar-refractivity contribution is 7.21. The highest BCUT2D eigenvalue weighted by Crippen LogP contribution is 2.30. The molecule has 0 unspecified atom stereocenters. The third-order valence-corrected chi connectivity index (χ3v) is 6.27. The van der Waals surface area contributed by atoms with Gasteiger partial charge >= 0.3 is 0 Å². The number of hydrogen-bond acceptors (Lipinski definition) is 7. The molecular formula is C22H22N6S. The molecule has 0 bridgehead atoms. The summed E-state index contributed by atoms with van der Waals surface area (Å²) < 4.78 is 1.06. The van der Waals surface area contributed by atoms with Crippen LogP contribution in [0.1, 0.15) is 24.1 Å². The second-order valence-electron chi connectivity index (χ2n) is 7.37. The second-order valence-corrected chi connectivity index (χ2v) is 8.40. The molecule has 0 amide bonds. The van der Waals surface area contributed by atoms with Crippen molar-refractivity contribution in [3.05, 3.63) is 60.2 Å². The number of pyridine rings is 3. The van der Waals surface area contributed by atoms with Gasteiger partial charge in [0.05, 0.1) is 15.9 Å². The number of hydrogen-bond donors (Lipinski definition) is 1. The Bertz CT molecular complexity index is 1130. The Morgan fingerprint density at radius 2 is 1.97 bits per heavy atom. The van der Waals surface area contributed by atoms with Crippen LogP contribution in [0, 0.1) is 6.92 Å². The number of aromatic nitrogens is 4. The van der Waals surface area contributed by atoms with E-state index in [4.69, 9.17) is 9.97 Å². The second kappa shape index (κ2) is 7.85. The van der Waals surface area contributed by atoms with E-state index in [1.807, 2.05) is 36.7 Å². The van der Waals surface area contributed by atoms with E-state index in [0.717, 1.165) is 44.7 Å². The minimum atomic E-state index is 0.754. The van der Waals surface area contributed by atoms with Gasteiger partial charge < -0.3 is 5.32 Å². The number of aryl methyl sites for hydroxylation is 1. The minimum Gasteiger partial charge on any atom is -0.325 e. The quantitative estimate of drug-likeness (QED) is 0.517. The highest BCUT2D eigenvalue weighted by Gasteiger charge is 2.14. The fraction of sp³-hybridized carbons (Fsp3) is 0.273. The highest BCUT2D eigenvalue weighted by atomic mass is 32.1. The first-order valence-electron chi connectivity index (χ1n) is 9.87. The lowest BCUT2D eigenvalue weighted by Crippen LogP contribution is -2.20. The van der Waals surface area contributed by atoms with Crippen LogP contribution in [0.5, 0.6) is 0 Å². The van der Waals surface area contributed by atoms with Gasteiger partial charge in [0.2, 0.25) is 0 Å². The molecule has 1 aliphatic heterocycles. The molecule has 1 saturated heterocycles. The van der Waals surface area contributed by atoms with Crippen LogP contribution >= 0.6 is 11.3 Å². The largest absolute Gasteiger partial charge is 0.325 e. The third-order valence-electron chi connectivity index (χ3n) is 5.21. The molecule has 0 spiro atoms. The summed E-state index contributed by atoms with van der Waals surface area (Å²) in [6.07, 6.45) is 8.05. The van der Waals surface area contributed by atoms with Crippen molar-refractivity contribution in [1.29, 1.82) is 0 Å². The first-order valence-corrected chi connectivity index (χ1v) is 10.7. The third kappa shape index (κ3) is 3.97. The first-order chi connectivity index (χ1) is 14.2. The Morgan fingerprint density at radius 3 is 2.79 bits per heavy atom. The number of likely N-dealkylation sites (tertiary alicyclic amines) is 1. The van der Waals surface area contributed by atoms with Gasteiger partial charge in [-0.15, -0.1) is 11.3 Å². The van der Waals surface area contributed by atoms with Gasteiger partial charge in [0.15, 0.2) is 0 Å². The number of nitrogens with one attached hydrogen (secondary N) is 1. The fourth-order valence-corrected chi connectivity index (χ4v) is 4.51. The minimum absolute atomic E-state index is 0.754. The standard InChI is InChI=1S/C22H22N6S/c1-15-6-7-20(25-18(15)14-28-9-2-3-10-28)27-21-11-17-19(13-24-21)29-22(26-17)16-5-4-8-23-12-16/h4-8,11-13H,2-3,9-10,14H2,1H3,(H,24,25,27). The molecule has 7 heteroatoms. The Kier molecular flexibility index (Phi) is 4.91.